The summed E-state index contributed by atoms with van der Waals surface area (Å²) in [6.45, 7) is 1.33. The molecule has 1 unspecified atom stereocenters. The van der Waals surface area contributed by atoms with Crippen LogP contribution in [0.3, 0.4) is 0 Å². The molecular weight excluding hydrogens is 371 g/mol. The van der Waals surface area contributed by atoms with E-state index in [0.29, 0.717) is 0 Å². The van der Waals surface area contributed by atoms with Crippen molar-refractivity contribution in [1.29, 1.82) is 0 Å². The van der Waals surface area contributed by atoms with Crippen molar-refractivity contribution >= 4 is 46.5 Å². The summed E-state index contributed by atoms with van der Waals surface area (Å²) in [5, 5.41) is 13.7. The Kier molecular flexibility index (Phi) is 5.95. The molecule has 0 radical (unpaired) electrons. The van der Waals surface area contributed by atoms with E-state index in [-0.39, 0.29) is 27.0 Å². The average molecular weight is 383 g/mol. The van der Waals surface area contributed by atoms with Crippen LogP contribution in [0.15, 0.2) is 42.5 Å². The monoisotopic (exact) mass is 382 g/mol. The number of hydrogen-bond acceptors (Lipinski definition) is 5. The molecule has 0 aromatic heterocycles. The minimum atomic E-state index is -1.21. The number of halogens is 2. The fraction of sp³-hybridized carbons (Fsp3) is 0.125. The van der Waals surface area contributed by atoms with Gasteiger partial charge in [0.15, 0.2) is 6.10 Å². The fourth-order valence-corrected chi connectivity index (χ4v) is 2.27. The van der Waals surface area contributed by atoms with Gasteiger partial charge in [-0.05, 0) is 31.2 Å². The number of ether oxygens (including phenoxy) is 1. The maximum atomic E-state index is 12.1. The molecule has 1 N–H and O–H groups in total. The minimum Gasteiger partial charge on any atom is -0.449 e. The highest BCUT2D eigenvalue weighted by Gasteiger charge is 2.23. The van der Waals surface area contributed by atoms with Crippen molar-refractivity contribution in [2.75, 3.05) is 5.32 Å². The van der Waals surface area contributed by atoms with Crippen LogP contribution in [-0.4, -0.2) is 22.9 Å². The zero-order valence-corrected chi connectivity index (χ0v) is 14.4. The number of anilines is 1. The molecule has 0 saturated carbocycles. The SMILES string of the molecule is CC(OC(=O)c1cc(Cl)ccc1Cl)C(=O)Nc1ccccc1[N+](=O)[O-]. The highest BCUT2D eigenvalue weighted by atomic mass is 35.5. The Balaban J connectivity index is 2.09. The van der Waals surface area contributed by atoms with Crippen molar-refractivity contribution < 1.29 is 19.2 Å². The Morgan fingerprint density at radius 1 is 1.20 bits per heavy atom. The molecule has 0 fully saturated rings. The van der Waals surface area contributed by atoms with Crippen LogP contribution in [0.1, 0.15) is 17.3 Å². The van der Waals surface area contributed by atoms with Gasteiger partial charge in [-0.1, -0.05) is 35.3 Å². The Bertz CT molecular complexity index is 841. The molecule has 25 heavy (non-hydrogen) atoms. The number of nitrogens with zero attached hydrogens (tertiary/aromatic N) is 1. The highest BCUT2D eigenvalue weighted by Crippen LogP contribution is 2.24. The number of carbonyl (C=O) groups is 2. The molecule has 2 rings (SSSR count). The zero-order valence-electron chi connectivity index (χ0n) is 12.9. The second-order valence-electron chi connectivity index (χ2n) is 4.94. The maximum Gasteiger partial charge on any atom is 0.340 e. The van der Waals surface area contributed by atoms with E-state index in [0.717, 1.165) is 0 Å². The van der Waals surface area contributed by atoms with E-state index in [4.69, 9.17) is 27.9 Å². The Morgan fingerprint density at radius 3 is 2.56 bits per heavy atom. The Morgan fingerprint density at radius 2 is 1.88 bits per heavy atom. The largest absolute Gasteiger partial charge is 0.449 e. The van der Waals surface area contributed by atoms with Crippen LogP contribution < -0.4 is 5.32 Å². The zero-order chi connectivity index (χ0) is 18.6. The van der Waals surface area contributed by atoms with Crippen LogP contribution in [0.2, 0.25) is 10.0 Å². The molecule has 1 amide bonds. The lowest BCUT2D eigenvalue weighted by Gasteiger charge is -2.14. The molecule has 0 heterocycles. The van der Waals surface area contributed by atoms with Crippen LogP contribution in [0.5, 0.6) is 0 Å². The van der Waals surface area contributed by atoms with Gasteiger partial charge in [0.05, 0.1) is 15.5 Å². The molecule has 0 saturated heterocycles. The predicted octanol–water partition coefficient (Wildman–Crippen LogP) is 4.09. The van der Waals surface area contributed by atoms with Gasteiger partial charge in [0.25, 0.3) is 11.6 Å². The number of esters is 1. The lowest BCUT2D eigenvalue weighted by molar-refractivity contribution is -0.383. The van der Waals surface area contributed by atoms with Gasteiger partial charge in [-0.25, -0.2) is 4.79 Å². The Hall–Kier alpha value is -2.64. The molecule has 0 spiro atoms. The van der Waals surface area contributed by atoms with Crippen molar-refractivity contribution in [2.45, 2.75) is 13.0 Å². The summed E-state index contributed by atoms with van der Waals surface area (Å²) < 4.78 is 5.04. The quantitative estimate of drug-likeness (QED) is 0.477. The number of amides is 1. The number of nitrogens with one attached hydrogen (secondary N) is 1. The molecular formula is C16H12Cl2N2O5. The van der Waals surface area contributed by atoms with Crippen LogP contribution in [0, 0.1) is 10.1 Å². The third-order valence-electron chi connectivity index (χ3n) is 3.16. The number of nitro benzene ring substituents is 1. The molecule has 2 aromatic carbocycles. The fourth-order valence-electron chi connectivity index (χ4n) is 1.90. The number of para-hydroxylation sites is 2. The summed E-state index contributed by atoms with van der Waals surface area (Å²) in [7, 11) is 0. The maximum absolute atomic E-state index is 12.1. The van der Waals surface area contributed by atoms with Crippen molar-refractivity contribution in [3.05, 3.63) is 68.2 Å². The first-order valence-corrected chi connectivity index (χ1v) is 7.75. The number of hydrogen-bond donors (Lipinski definition) is 1. The second kappa shape index (κ2) is 7.96. The van der Waals surface area contributed by atoms with E-state index in [1.165, 1.54) is 49.4 Å². The van der Waals surface area contributed by atoms with E-state index in [2.05, 4.69) is 5.32 Å². The van der Waals surface area contributed by atoms with Crippen LogP contribution >= 0.6 is 23.2 Å². The van der Waals surface area contributed by atoms with Crippen LogP contribution in [-0.2, 0) is 9.53 Å². The van der Waals surface area contributed by atoms with Gasteiger partial charge < -0.3 is 10.1 Å². The first-order chi connectivity index (χ1) is 11.8. The molecule has 7 nitrogen and oxygen atoms in total. The molecule has 0 bridgehead atoms. The highest BCUT2D eigenvalue weighted by molar-refractivity contribution is 6.35. The molecule has 0 aliphatic carbocycles. The van der Waals surface area contributed by atoms with E-state index >= 15 is 0 Å². The number of rotatable bonds is 5. The van der Waals surface area contributed by atoms with E-state index in [1.54, 1.807) is 0 Å². The van der Waals surface area contributed by atoms with Gasteiger partial charge >= 0.3 is 5.97 Å². The van der Waals surface area contributed by atoms with Crippen LogP contribution in [0.25, 0.3) is 0 Å². The van der Waals surface area contributed by atoms with E-state index < -0.39 is 22.9 Å². The van der Waals surface area contributed by atoms with Crippen molar-refractivity contribution in [1.82, 2.24) is 0 Å². The number of nitro groups is 1. The standard InChI is InChI=1S/C16H12Cl2N2O5/c1-9(25-16(22)11-8-10(17)6-7-12(11)18)15(21)19-13-4-2-3-5-14(13)20(23)24/h2-9H,1H3,(H,19,21). The lowest BCUT2D eigenvalue weighted by Crippen LogP contribution is -2.30. The smallest absolute Gasteiger partial charge is 0.340 e. The van der Waals surface area contributed by atoms with Crippen LogP contribution in [0.4, 0.5) is 11.4 Å². The van der Waals surface area contributed by atoms with E-state index in [1.807, 2.05) is 0 Å². The van der Waals surface area contributed by atoms with Gasteiger partial charge in [-0.15, -0.1) is 0 Å². The van der Waals surface area contributed by atoms with Gasteiger partial charge in [-0.2, -0.15) is 0 Å². The molecule has 0 aliphatic heterocycles. The van der Waals surface area contributed by atoms with Gasteiger partial charge in [-0.3, -0.25) is 14.9 Å². The first kappa shape index (κ1) is 18.7. The summed E-state index contributed by atoms with van der Waals surface area (Å²) in [6, 6.07) is 9.88. The second-order valence-corrected chi connectivity index (χ2v) is 5.78. The summed E-state index contributed by atoms with van der Waals surface area (Å²) >= 11 is 11.7. The normalized spacial score (nSPS) is 11.5. The van der Waals surface area contributed by atoms with Gasteiger partial charge in [0, 0.05) is 11.1 Å². The van der Waals surface area contributed by atoms with Crippen molar-refractivity contribution in [2.24, 2.45) is 0 Å². The summed E-state index contributed by atoms with van der Waals surface area (Å²) in [5.74, 6) is -1.56. The summed E-state index contributed by atoms with van der Waals surface area (Å²) in [4.78, 5) is 34.6. The number of carbonyl (C=O) groups excluding carboxylic acids is 2. The van der Waals surface area contributed by atoms with Crippen molar-refractivity contribution in [3.63, 3.8) is 0 Å². The van der Waals surface area contributed by atoms with Gasteiger partial charge in [0.1, 0.15) is 5.69 Å². The van der Waals surface area contributed by atoms with Crippen molar-refractivity contribution in [3.8, 4) is 0 Å². The number of benzene rings is 2. The summed E-state index contributed by atoms with van der Waals surface area (Å²) in [5.41, 5.74) is -0.257. The third-order valence-corrected chi connectivity index (χ3v) is 3.72. The molecule has 1 atom stereocenters. The molecule has 2 aromatic rings. The molecule has 0 aliphatic rings. The lowest BCUT2D eigenvalue weighted by atomic mass is 10.2. The topological polar surface area (TPSA) is 98.5 Å². The third kappa shape index (κ3) is 4.68. The molecule has 9 heteroatoms. The van der Waals surface area contributed by atoms with E-state index in [9.17, 15) is 19.7 Å². The summed E-state index contributed by atoms with van der Waals surface area (Å²) in [6.07, 6.45) is -1.21. The molecule has 130 valence electrons. The predicted molar refractivity (Wildman–Crippen MR) is 93.1 cm³/mol. The first-order valence-electron chi connectivity index (χ1n) is 7.00. The average Bonchev–Trinajstić information content (AvgIpc) is 2.57. The van der Waals surface area contributed by atoms with Gasteiger partial charge in [0.2, 0.25) is 0 Å². The Labute approximate surface area is 152 Å². The minimum absolute atomic E-state index is 0.00110.